The maximum Gasteiger partial charge on any atom is 0.320 e. The normalized spacial score (nSPS) is 21.7. The highest BCUT2D eigenvalue weighted by Crippen LogP contribution is 2.17. The average molecular weight is 270 g/mol. The summed E-state index contributed by atoms with van der Waals surface area (Å²) in [6, 6.07) is -0.290. The number of nitrogens with zero attached hydrogens (tertiary/aromatic N) is 1. The number of carboxylic acids is 1. The summed E-state index contributed by atoms with van der Waals surface area (Å²) in [5, 5.41) is 12.1. The van der Waals surface area contributed by atoms with Crippen molar-refractivity contribution in [3.05, 3.63) is 0 Å². The highest BCUT2D eigenvalue weighted by atomic mass is 16.4. The lowest BCUT2D eigenvalue weighted by atomic mass is 10.0. The molecule has 0 aromatic heterocycles. The zero-order valence-corrected chi connectivity index (χ0v) is 12.0. The Morgan fingerprint density at radius 2 is 1.95 bits per heavy atom. The number of rotatable bonds is 5. The van der Waals surface area contributed by atoms with Gasteiger partial charge in [0.15, 0.2) is 0 Å². The van der Waals surface area contributed by atoms with Crippen molar-refractivity contribution in [2.24, 2.45) is 0 Å². The molecule has 1 unspecified atom stereocenters. The Morgan fingerprint density at radius 1 is 1.26 bits per heavy atom. The predicted molar refractivity (Wildman–Crippen MR) is 74.0 cm³/mol. The third-order valence-electron chi connectivity index (χ3n) is 3.47. The Labute approximate surface area is 115 Å². The molecule has 1 rings (SSSR count). The number of likely N-dealkylation sites (tertiary alicyclic amines) is 1. The summed E-state index contributed by atoms with van der Waals surface area (Å²) < 4.78 is 0. The standard InChI is InChI=1S/C14H26N2O3/c1-11(2)15-13(17)8-10-16-9-6-4-3-5-7-12(16)14(18)19/h11-12H,3-10H2,1-2H3,(H,15,17)(H,18,19). The zero-order chi connectivity index (χ0) is 14.3. The van der Waals surface area contributed by atoms with Crippen LogP contribution in [-0.2, 0) is 9.59 Å². The number of carbonyl (C=O) groups is 2. The van der Waals surface area contributed by atoms with Crippen LogP contribution in [-0.4, -0.2) is 47.1 Å². The van der Waals surface area contributed by atoms with Gasteiger partial charge in [-0.1, -0.05) is 19.3 Å². The number of amides is 1. The fourth-order valence-electron chi connectivity index (χ4n) is 2.53. The maximum absolute atomic E-state index is 11.6. The number of carbonyl (C=O) groups excluding carboxylic acids is 1. The van der Waals surface area contributed by atoms with E-state index in [1.54, 1.807) is 0 Å². The van der Waals surface area contributed by atoms with Gasteiger partial charge in [-0.3, -0.25) is 14.5 Å². The summed E-state index contributed by atoms with van der Waals surface area (Å²) >= 11 is 0. The van der Waals surface area contributed by atoms with Gasteiger partial charge in [0, 0.05) is 19.0 Å². The van der Waals surface area contributed by atoms with Crippen molar-refractivity contribution in [2.45, 2.75) is 64.5 Å². The third-order valence-corrected chi connectivity index (χ3v) is 3.47. The lowest BCUT2D eigenvalue weighted by molar-refractivity contribution is -0.144. The van der Waals surface area contributed by atoms with E-state index in [0.29, 0.717) is 19.4 Å². The second kappa shape index (κ2) is 8.15. The minimum Gasteiger partial charge on any atom is -0.480 e. The number of hydrogen-bond donors (Lipinski definition) is 2. The summed E-state index contributed by atoms with van der Waals surface area (Å²) in [5.41, 5.74) is 0. The molecule has 0 spiro atoms. The Kier molecular flexibility index (Phi) is 6.84. The maximum atomic E-state index is 11.6. The second-order valence-electron chi connectivity index (χ2n) is 5.57. The zero-order valence-electron chi connectivity index (χ0n) is 12.0. The summed E-state index contributed by atoms with van der Waals surface area (Å²) in [4.78, 5) is 24.9. The molecule has 0 saturated carbocycles. The molecule has 1 fully saturated rings. The monoisotopic (exact) mass is 270 g/mol. The molecule has 1 aliphatic rings. The van der Waals surface area contributed by atoms with Crippen LogP contribution in [0.1, 0.15) is 52.4 Å². The van der Waals surface area contributed by atoms with Crippen molar-refractivity contribution in [1.82, 2.24) is 10.2 Å². The fourth-order valence-corrected chi connectivity index (χ4v) is 2.53. The van der Waals surface area contributed by atoms with Gasteiger partial charge in [0.25, 0.3) is 0 Å². The van der Waals surface area contributed by atoms with Gasteiger partial charge in [-0.15, -0.1) is 0 Å². The van der Waals surface area contributed by atoms with E-state index in [1.165, 1.54) is 0 Å². The van der Waals surface area contributed by atoms with Gasteiger partial charge in [0.05, 0.1) is 0 Å². The van der Waals surface area contributed by atoms with E-state index < -0.39 is 12.0 Å². The van der Waals surface area contributed by atoms with Gasteiger partial charge in [0.2, 0.25) is 5.91 Å². The fraction of sp³-hybridized carbons (Fsp3) is 0.857. The average Bonchev–Trinajstić information content (AvgIpc) is 2.26. The molecule has 5 nitrogen and oxygen atoms in total. The largest absolute Gasteiger partial charge is 0.480 e. The van der Waals surface area contributed by atoms with Crippen LogP contribution in [0.5, 0.6) is 0 Å². The summed E-state index contributed by atoms with van der Waals surface area (Å²) in [6.07, 6.45) is 5.33. The SMILES string of the molecule is CC(C)NC(=O)CCN1CCCCCCC1C(=O)O. The molecule has 5 heteroatoms. The molecule has 1 saturated heterocycles. The second-order valence-corrected chi connectivity index (χ2v) is 5.57. The Hall–Kier alpha value is -1.10. The van der Waals surface area contributed by atoms with Crippen LogP contribution >= 0.6 is 0 Å². The first-order chi connectivity index (χ1) is 9.00. The molecule has 1 atom stereocenters. The quantitative estimate of drug-likeness (QED) is 0.796. The molecular weight excluding hydrogens is 244 g/mol. The van der Waals surface area contributed by atoms with Crippen molar-refractivity contribution in [3.8, 4) is 0 Å². The van der Waals surface area contributed by atoms with Gasteiger partial charge in [-0.05, 0) is 33.2 Å². The first-order valence-corrected chi connectivity index (χ1v) is 7.27. The van der Waals surface area contributed by atoms with Crippen LogP contribution in [0.3, 0.4) is 0 Å². The minimum absolute atomic E-state index is 0.00111. The van der Waals surface area contributed by atoms with Crippen molar-refractivity contribution in [2.75, 3.05) is 13.1 Å². The van der Waals surface area contributed by atoms with Gasteiger partial charge in [0.1, 0.15) is 6.04 Å². The molecule has 110 valence electrons. The molecule has 19 heavy (non-hydrogen) atoms. The molecular formula is C14H26N2O3. The van der Waals surface area contributed by atoms with Crippen LogP contribution in [0.2, 0.25) is 0 Å². The van der Waals surface area contributed by atoms with Crippen LogP contribution in [0.15, 0.2) is 0 Å². The number of nitrogens with one attached hydrogen (secondary N) is 1. The molecule has 1 aliphatic heterocycles. The Bertz CT molecular complexity index is 305. The third kappa shape index (κ3) is 6.05. The molecule has 1 heterocycles. The molecule has 0 aromatic carbocycles. The summed E-state index contributed by atoms with van der Waals surface area (Å²) in [6.45, 7) is 5.17. The van der Waals surface area contributed by atoms with Crippen molar-refractivity contribution in [1.29, 1.82) is 0 Å². The van der Waals surface area contributed by atoms with Gasteiger partial charge in [-0.2, -0.15) is 0 Å². The van der Waals surface area contributed by atoms with E-state index in [1.807, 2.05) is 18.7 Å². The molecule has 0 aliphatic carbocycles. The highest BCUT2D eigenvalue weighted by Gasteiger charge is 2.26. The molecule has 2 N–H and O–H groups in total. The minimum atomic E-state index is -0.758. The molecule has 0 aromatic rings. The summed E-state index contributed by atoms with van der Waals surface area (Å²) in [7, 11) is 0. The highest BCUT2D eigenvalue weighted by molar-refractivity contribution is 5.76. The van der Waals surface area contributed by atoms with E-state index >= 15 is 0 Å². The molecule has 0 bridgehead atoms. The number of carboxylic acid groups (broad SMARTS) is 1. The van der Waals surface area contributed by atoms with Gasteiger partial charge < -0.3 is 10.4 Å². The Balaban J connectivity index is 2.49. The van der Waals surface area contributed by atoms with Gasteiger partial charge in [-0.25, -0.2) is 0 Å². The first-order valence-electron chi connectivity index (χ1n) is 7.27. The van der Waals surface area contributed by atoms with E-state index in [4.69, 9.17) is 0 Å². The first kappa shape index (κ1) is 16.0. The van der Waals surface area contributed by atoms with E-state index in [0.717, 1.165) is 32.2 Å². The van der Waals surface area contributed by atoms with Gasteiger partial charge >= 0.3 is 5.97 Å². The van der Waals surface area contributed by atoms with E-state index in [-0.39, 0.29) is 11.9 Å². The number of hydrogen-bond acceptors (Lipinski definition) is 3. The number of aliphatic carboxylic acids is 1. The lowest BCUT2D eigenvalue weighted by Gasteiger charge is -2.30. The van der Waals surface area contributed by atoms with Crippen molar-refractivity contribution < 1.29 is 14.7 Å². The predicted octanol–water partition coefficient (Wildman–Crippen LogP) is 1.62. The lowest BCUT2D eigenvalue weighted by Crippen LogP contribution is -2.44. The topological polar surface area (TPSA) is 69.6 Å². The van der Waals surface area contributed by atoms with Crippen molar-refractivity contribution in [3.63, 3.8) is 0 Å². The van der Waals surface area contributed by atoms with E-state index in [2.05, 4.69) is 5.32 Å². The molecule has 0 radical (unpaired) electrons. The van der Waals surface area contributed by atoms with E-state index in [9.17, 15) is 14.7 Å². The Morgan fingerprint density at radius 3 is 2.58 bits per heavy atom. The van der Waals surface area contributed by atoms with Crippen molar-refractivity contribution >= 4 is 11.9 Å². The van der Waals surface area contributed by atoms with Crippen LogP contribution in [0.4, 0.5) is 0 Å². The summed E-state index contributed by atoms with van der Waals surface area (Å²) in [5.74, 6) is -0.757. The molecule has 1 amide bonds. The van der Waals surface area contributed by atoms with Crippen LogP contribution in [0, 0.1) is 0 Å². The van der Waals surface area contributed by atoms with Crippen LogP contribution in [0.25, 0.3) is 0 Å². The smallest absolute Gasteiger partial charge is 0.320 e. The van der Waals surface area contributed by atoms with Crippen LogP contribution < -0.4 is 5.32 Å².